The number of rotatable bonds is 4. The van der Waals surface area contributed by atoms with Crippen LogP contribution in [0.25, 0.3) is 0 Å². The van der Waals surface area contributed by atoms with Crippen LogP contribution in [0.1, 0.15) is 37.6 Å². The van der Waals surface area contributed by atoms with Gasteiger partial charge in [0.2, 0.25) is 5.13 Å². The monoisotopic (exact) mass is 320 g/mol. The predicted octanol–water partition coefficient (Wildman–Crippen LogP) is 1.58. The van der Waals surface area contributed by atoms with Crippen molar-refractivity contribution in [2.24, 2.45) is 0 Å². The third-order valence-electron chi connectivity index (χ3n) is 3.95. The highest BCUT2D eigenvalue weighted by Crippen LogP contribution is 2.30. The number of hydrogen-bond donors (Lipinski definition) is 2. The summed E-state index contributed by atoms with van der Waals surface area (Å²) in [7, 11) is 0. The first-order valence-corrected chi connectivity index (χ1v) is 8.29. The van der Waals surface area contributed by atoms with Crippen molar-refractivity contribution in [3.05, 3.63) is 23.5 Å². The van der Waals surface area contributed by atoms with E-state index in [-0.39, 0.29) is 5.91 Å². The number of amides is 1. The van der Waals surface area contributed by atoms with Crippen molar-refractivity contribution >= 4 is 22.4 Å². The molecule has 1 saturated heterocycles. The Morgan fingerprint density at radius 2 is 2.18 bits per heavy atom. The maximum atomic E-state index is 12.9. The van der Waals surface area contributed by atoms with Crippen LogP contribution in [0, 0.1) is 0 Å². The third-order valence-corrected chi connectivity index (χ3v) is 5.09. The Bertz CT molecular complexity index is 630. The molecule has 3 rings (SSSR count). The first kappa shape index (κ1) is 15.1. The molecule has 1 aliphatic rings. The van der Waals surface area contributed by atoms with Gasteiger partial charge in [-0.1, -0.05) is 25.2 Å². The van der Waals surface area contributed by atoms with E-state index < -0.39 is 5.54 Å². The molecule has 0 aromatic carbocycles. The first-order valence-electron chi connectivity index (χ1n) is 7.47. The summed E-state index contributed by atoms with van der Waals surface area (Å²) in [6.45, 7) is 5.70. The molecule has 2 aromatic rings. The van der Waals surface area contributed by atoms with Gasteiger partial charge in [0, 0.05) is 18.3 Å². The fourth-order valence-electron chi connectivity index (χ4n) is 2.65. The molecule has 2 N–H and O–H groups in total. The molecule has 0 bridgehead atoms. The van der Waals surface area contributed by atoms with E-state index in [2.05, 4.69) is 39.8 Å². The fourth-order valence-corrected chi connectivity index (χ4v) is 3.40. The maximum absolute atomic E-state index is 12.9. The molecule has 0 saturated carbocycles. The highest BCUT2D eigenvalue weighted by atomic mass is 32.1. The Balaban J connectivity index is 1.83. The predicted molar refractivity (Wildman–Crippen MR) is 84.9 cm³/mol. The van der Waals surface area contributed by atoms with Crippen LogP contribution in [0.15, 0.2) is 18.5 Å². The zero-order valence-electron chi connectivity index (χ0n) is 12.7. The summed E-state index contributed by atoms with van der Waals surface area (Å²) in [6, 6.07) is 1.85. The van der Waals surface area contributed by atoms with Crippen LogP contribution in [0.3, 0.4) is 0 Å². The Labute approximate surface area is 133 Å². The van der Waals surface area contributed by atoms with Crippen molar-refractivity contribution in [2.45, 2.75) is 38.1 Å². The van der Waals surface area contributed by atoms with Crippen LogP contribution >= 0.6 is 11.3 Å². The average Bonchev–Trinajstić information content (AvgIpc) is 3.19. The zero-order valence-corrected chi connectivity index (χ0v) is 13.6. The van der Waals surface area contributed by atoms with E-state index in [0.717, 1.165) is 18.1 Å². The Hall–Kier alpha value is -1.80. The van der Waals surface area contributed by atoms with Gasteiger partial charge in [0.25, 0.3) is 5.91 Å². The van der Waals surface area contributed by atoms with Crippen LogP contribution in [-0.4, -0.2) is 39.0 Å². The second kappa shape index (κ2) is 6.13. The van der Waals surface area contributed by atoms with Gasteiger partial charge in [-0.05, 0) is 32.0 Å². The molecule has 22 heavy (non-hydrogen) atoms. The fraction of sp³-hybridized carbons (Fsp3) is 0.571. The van der Waals surface area contributed by atoms with Gasteiger partial charge in [0.15, 0.2) is 0 Å². The van der Waals surface area contributed by atoms with E-state index in [1.807, 2.05) is 12.3 Å². The van der Waals surface area contributed by atoms with E-state index in [0.29, 0.717) is 23.9 Å². The van der Waals surface area contributed by atoms with Crippen molar-refractivity contribution < 1.29 is 4.79 Å². The minimum Gasteiger partial charge on any atom is -0.317 e. The summed E-state index contributed by atoms with van der Waals surface area (Å²) < 4.78 is 1.77. The molecule has 0 atom stereocenters. The van der Waals surface area contributed by atoms with Crippen molar-refractivity contribution in [3.63, 3.8) is 0 Å². The van der Waals surface area contributed by atoms with Crippen LogP contribution in [-0.2, 0) is 10.3 Å². The number of carbonyl (C=O) groups is 1. The lowest BCUT2D eigenvalue weighted by Gasteiger charge is -2.36. The van der Waals surface area contributed by atoms with Gasteiger partial charge in [-0.3, -0.25) is 14.8 Å². The normalized spacial score (nSPS) is 17.6. The molecule has 8 heteroatoms. The molecule has 2 aromatic heterocycles. The molecule has 1 aliphatic heterocycles. The van der Waals surface area contributed by atoms with Gasteiger partial charge >= 0.3 is 0 Å². The largest absolute Gasteiger partial charge is 0.317 e. The molecule has 0 spiro atoms. The smallest absolute Gasteiger partial charge is 0.254 e. The molecular formula is C14H20N6OS. The summed E-state index contributed by atoms with van der Waals surface area (Å²) in [5, 5.41) is 20.2. The van der Waals surface area contributed by atoms with E-state index >= 15 is 0 Å². The molecule has 7 nitrogen and oxygen atoms in total. The van der Waals surface area contributed by atoms with Gasteiger partial charge in [0.05, 0.1) is 0 Å². The summed E-state index contributed by atoms with van der Waals surface area (Å²) in [5.74, 6) is 0.242. The van der Waals surface area contributed by atoms with E-state index in [9.17, 15) is 4.79 Å². The molecule has 0 aliphatic carbocycles. The molecule has 0 unspecified atom stereocenters. The Kier molecular flexibility index (Phi) is 4.21. The van der Waals surface area contributed by atoms with Crippen molar-refractivity contribution in [2.75, 3.05) is 18.4 Å². The van der Waals surface area contributed by atoms with Crippen LogP contribution in [0.2, 0.25) is 0 Å². The quantitative estimate of drug-likeness (QED) is 0.893. The van der Waals surface area contributed by atoms with Gasteiger partial charge < -0.3 is 5.32 Å². The molecule has 3 heterocycles. The number of aromatic nitrogens is 4. The maximum Gasteiger partial charge on any atom is 0.254 e. The Morgan fingerprint density at radius 3 is 2.77 bits per heavy atom. The number of nitrogens with one attached hydrogen (secondary N) is 2. The van der Waals surface area contributed by atoms with E-state index in [1.54, 1.807) is 10.9 Å². The highest BCUT2D eigenvalue weighted by molar-refractivity contribution is 7.15. The second-order valence-electron chi connectivity index (χ2n) is 5.79. The molecule has 118 valence electrons. The van der Waals surface area contributed by atoms with Gasteiger partial charge in [0.1, 0.15) is 10.5 Å². The molecular weight excluding hydrogens is 300 g/mol. The minimum atomic E-state index is -0.654. The number of anilines is 1. The molecule has 1 amide bonds. The van der Waals surface area contributed by atoms with Gasteiger partial charge in [-0.15, -0.1) is 10.2 Å². The SMILES string of the molecule is CC(C)c1nnc(NC(=O)C2(n3cccn3)CCNCC2)s1. The topological polar surface area (TPSA) is 84.7 Å². The number of carbonyl (C=O) groups excluding carboxylic acids is 1. The lowest BCUT2D eigenvalue weighted by Crippen LogP contribution is -2.52. The first-order chi connectivity index (χ1) is 10.6. The van der Waals surface area contributed by atoms with Crippen LogP contribution < -0.4 is 10.6 Å². The van der Waals surface area contributed by atoms with Crippen molar-refractivity contribution in [3.8, 4) is 0 Å². The highest BCUT2D eigenvalue weighted by Gasteiger charge is 2.42. The van der Waals surface area contributed by atoms with Gasteiger partial charge in [-0.2, -0.15) is 5.10 Å². The molecule has 1 fully saturated rings. The van der Waals surface area contributed by atoms with Crippen LogP contribution in [0.4, 0.5) is 5.13 Å². The standard InChI is InChI=1S/C14H20N6OS/c1-10(2)11-18-19-13(22-11)17-12(21)14(4-7-15-8-5-14)20-9-3-6-16-20/h3,6,9-10,15H,4-5,7-8H2,1-2H3,(H,17,19,21). The second-order valence-corrected chi connectivity index (χ2v) is 6.80. The van der Waals surface area contributed by atoms with E-state index in [1.165, 1.54) is 11.3 Å². The summed E-state index contributed by atoms with van der Waals surface area (Å²) >= 11 is 1.43. The summed E-state index contributed by atoms with van der Waals surface area (Å²) in [4.78, 5) is 12.9. The van der Waals surface area contributed by atoms with Gasteiger partial charge in [-0.25, -0.2) is 0 Å². The minimum absolute atomic E-state index is 0.0656. The lowest BCUT2D eigenvalue weighted by molar-refractivity contribution is -0.126. The number of nitrogens with zero attached hydrogens (tertiary/aromatic N) is 4. The summed E-state index contributed by atoms with van der Waals surface area (Å²) in [5.41, 5.74) is -0.654. The molecule has 0 radical (unpaired) electrons. The van der Waals surface area contributed by atoms with Crippen molar-refractivity contribution in [1.29, 1.82) is 0 Å². The van der Waals surface area contributed by atoms with Crippen molar-refractivity contribution in [1.82, 2.24) is 25.3 Å². The average molecular weight is 320 g/mol. The Morgan fingerprint density at radius 1 is 1.41 bits per heavy atom. The zero-order chi connectivity index (χ0) is 15.6. The lowest BCUT2D eigenvalue weighted by atomic mass is 9.87. The third kappa shape index (κ3) is 2.76. The number of piperidine rings is 1. The summed E-state index contributed by atoms with van der Waals surface area (Å²) in [6.07, 6.45) is 4.97. The van der Waals surface area contributed by atoms with E-state index in [4.69, 9.17) is 0 Å². The number of hydrogen-bond acceptors (Lipinski definition) is 6. The van der Waals surface area contributed by atoms with Crippen LogP contribution in [0.5, 0.6) is 0 Å².